The number of hydrogen-bond acceptors (Lipinski definition) is 6. The molecule has 2 heterocycles. The highest BCUT2D eigenvalue weighted by Crippen LogP contribution is 2.28. The lowest BCUT2D eigenvalue weighted by atomic mass is 10.1. The highest BCUT2D eigenvalue weighted by Gasteiger charge is 2.18. The van der Waals surface area contributed by atoms with Gasteiger partial charge in [0.2, 0.25) is 0 Å². The molecule has 0 bridgehead atoms. The van der Waals surface area contributed by atoms with Crippen molar-refractivity contribution >= 4 is 22.5 Å². The van der Waals surface area contributed by atoms with Crippen molar-refractivity contribution in [1.82, 2.24) is 20.0 Å². The number of aromatic nitrogens is 4. The van der Waals surface area contributed by atoms with E-state index in [4.69, 9.17) is 4.42 Å². The van der Waals surface area contributed by atoms with Crippen molar-refractivity contribution in [3.63, 3.8) is 0 Å². The lowest BCUT2D eigenvalue weighted by Gasteiger charge is -2.09. The molecule has 0 fully saturated rings. The number of halogens is 1. The Morgan fingerprint density at radius 3 is 2.34 bits per heavy atom. The van der Waals surface area contributed by atoms with E-state index in [1.54, 1.807) is 18.2 Å². The van der Waals surface area contributed by atoms with Crippen LogP contribution in [0.3, 0.4) is 0 Å². The molecule has 8 heteroatoms. The van der Waals surface area contributed by atoms with Crippen molar-refractivity contribution in [3.8, 4) is 11.6 Å². The van der Waals surface area contributed by atoms with E-state index in [0.29, 0.717) is 34.0 Å². The Bertz CT molecular complexity index is 1430. The van der Waals surface area contributed by atoms with E-state index in [1.807, 2.05) is 48.5 Å². The van der Waals surface area contributed by atoms with Gasteiger partial charge in [-0.3, -0.25) is 4.79 Å². The topological polar surface area (TPSA) is 73.8 Å². The lowest BCUT2D eigenvalue weighted by Crippen LogP contribution is -2.24. The molecule has 0 N–H and O–H groups in total. The normalized spacial score (nSPS) is 11.2. The number of thioether (sulfide) groups is 1. The van der Waals surface area contributed by atoms with Gasteiger partial charge in [-0.2, -0.15) is 5.10 Å². The van der Waals surface area contributed by atoms with Gasteiger partial charge in [-0.05, 0) is 29.3 Å². The second kappa shape index (κ2) is 8.76. The molecule has 0 saturated heterocycles. The molecule has 5 rings (SSSR count). The Hall–Kier alpha value is -3.78. The number of fused-ring (bicyclic) bond motifs is 1. The Kier molecular flexibility index (Phi) is 5.51. The molecule has 0 aliphatic rings. The van der Waals surface area contributed by atoms with Crippen molar-refractivity contribution in [1.29, 1.82) is 0 Å². The van der Waals surface area contributed by atoms with Gasteiger partial charge in [0.1, 0.15) is 5.82 Å². The lowest BCUT2D eigenvalue weighted by molar-refractivity contribution is 0.462. The van der Waals surface area contributed by atoms with Crippen LogP contribution < -0.4 is 5.56 Å². The van der Waals surface area contributed by atoms with E-state index in [-0.39, 0.29) is 17.3 Å². The summed E-state index contributed by atoms with van der Waals surface area (Å²) < 4.78 is 20.4. The van der Waals surface area contributed by atoms with Crippen LogP contribution in [0, 0.1) is 5.82 Å². The number of rotatable bonds is 6. The molecule has 0 spiro atoms. The highest BCUT2D eigenvalue weighted by molar-refractivity contribution is 7.98. The van der Waals surface area contributed by atoms with Gasteiger partial charge in [0.05, 0.1) is 11.9 Å². The maximum atomic E-state index is 13.1. The molecule has 158 valence electrons. The van der Waals surface area contributed by atoms with Gasteiger partial charge < -0.3 is 4.42 Å². The van der Waals surface area contributed by atoms with Crippen LogP contribution in [-0.4, -0.2) is 20.0 Å². The van der Waals surface area contributed by atoms with Crippen LogP contribution in [0.4, 0.5) is 4.39 Å². The van der Waals surface area contributed by atoms with Crippen LogP contribution in [0.5, 0.6) is 0 Å². The molecule has 0 saturated carbocycles. The van der Waals surface area contributed by atoms with Crippen LogP contribution in [0.25, 0.3) is 22.4 Å². The van der Waals surface area contributed by atoms with Crippen molar-refractivity contribution in [2.45, 2.75) is 17.5 Å². The first-order valence-corrected chi connectivity index (χ1v) is 10.9. The minimum atomic E-state index is -0.276. The molecule has 3 aromatic carbocycles. The molecule has 32 heavy (non-hydrogen) atoms. The first-order valence-electron chi connectivity index (χ1n) is 9.92. The molecular formula is C24H17FN4O2S. The first kappa shape index (κ1) is 20.1. The summed E-state index contributed by atoms with van der Waals surface area (Å²) in [5, 5.41) is 14.4. The largest absolute Gasteiger partial charge is 0.409 e. The summed E-state index contributed by atoms with van der Waals surface area (Å²) in [6.45, 7) is 0.331. The number of hydrogen-bond donors (Lipinski definition) is 0. The average Bonchev–Trinajstić information content (AvgIpc) is 3.30. The summed E-state index contributed by atoms with van der Waals surface area (Å²) in [5.74, 6) is 0.524. The zero-order chi connectivity index (χ0) is 21.9. The monoisotopic (exact) mass is 444 g/mol. The summed E-state index contributed by atoms with van der Waals surface area (Å²) in [7, 11) is 0. The molecular weight excluding hydrogens is 427 g/mol. The fourth-order valence-electron chi connectivity index (χ4n) is 3.35. The summed E-state index contributed by atoms with van der Waals surface area (Å²) in [6, 6.07) is 23.2. The van der Waals surface area contributed by atoms with Crippen LogP contribution in [0.2, 0.25) is 0 Å². The minimum absolute atomic E-state index is 0.182. The van der Waals surface area contributed by atoms with Gasteiger partial charge in [0.15, 0.2) is 5.69 Å². The number of benzene rings is 3. The molecule has 0 radical (unpaired) electrons. The van der Waals surface area contributed by atoms with Crippen molar-refractivity contribution in [2.75, 3.05) is 0 Å². The van der Waals surface area contributed by atoms with E-state index in [9.17, 15) is 9.18 Å². The fraction of sp³-hybridized carbons (Fsp3) is 0.0833. The molecule has 0 amide bonds. The van der Waals surface area contributed by atoms with Crippen molar-refractivity contribution < 1.29 is 8.81 Å². The Morgan fingerprint density at radius 1 is 0.844 bits per heavy atom. The first-order chi connectivity index (χ1) is 15.7. The van der Waals surface area contributed by atoms with Gasteiger partial charge in [-0.25, -0.2) is 9.07 Å². The molecule has 0 aliphatic carbocycles. The third-order valence-electron chi connectivity index (χ3n) is 4.93. The summed E-state index contributed by atoms with van der Waals surface area (Å²) in [5.41, 5.74) is 2.18. The Morgan fingerprint density at radius 2 is 1.56 bits per heavy atom. The highest BCUT2D eigenvalue weighted by atomic mass is 32.2. The number of nitrogens with zero attached hydrogens (tertiary/aromatic N) is 4. The second-order valence-electron chi connectivity index (χ2n) is 7.13. The van der Waals surface area contributed by atoms with E-state index in [1.165, 1.54) is 28.6 Å². The van der Waals surface area contributed by atoms with Gasteiger partial charge in [0.25, 0.3) is 16.7 Å². The van der Waals surface area contributed by atoms with E-state index < -0.39 is 0 Å². The standard InChI is InChI=1S/C24H17FN4O2S/c25-18-12-10-17(11-13-18)15-32-24-27-26-22(31-24)21-19-8-4-5-9-20(19)23(30)29(28-21)14-16-6-2-1-3-7-16/h1-13H,14-15H2. The van der Waals surface area contributed by atoms with E-state index >= 15 is 0 Å². The van der Waals surface area contributed by atoms with Gasteiger partial charge >= 0.3 is 0 Å². The summed E-state index contributed by atoms with van der Waals surface area (Å²) in [4.78, 5) is 13.0. The van der Waals surface area contributed by atoms with Crippen LogP contribution >= 0.6 is 11.8 Å². The molecule has 5 aromatic rings. The van der Waals surface area contributed by atoms with Gasteiger partial charge in [-0.15, -0.1) is 10.2 Å². The molecule has 0 aliphatic heterocycles. The van der Waals surface area contributed by atoms with Crippen molar-refractivity contribution in [3.05, 3.63) is 106 Å². The van der Waals surface area contributed by atoms with E-state index in [2.05, 4.69) is 15.3 Å². The Balaban J connectivity index is 1.49. The molecule has 2 aromatic heterocycles. The van der Waals surface area contributed by atoms with Crippen LogP contribution in [0.15, 0.2) is 93.3 Å². The predicted octanol–water partition coefficient (Wildman–Crippen LogP) is 4.93. The zero-order valence-corrected chi connectivity index (χ0v) is 17.6. The predicted molar refractivity (Wildman–Crippen MR) is 121 cm³/mol. The van der Waals surface area contributed by atoms with Gasteiger partial charge in [-0.1, -0.05) is 72.4 Å². The Labute approximate surface area is 186 Å². The SMILES string of the molecule is O=c1c2ccccc2c(-c2nnc(SCc3ccc(F)cc3)o2)nn1Cc1ccccc1. The average molecular weight is 444 g/mol. The molecule has 6 nitrogen and oxygen atoms in total. The second-order valence-corrected chi connectivity index (χ2v) is 8.06. The maximum Gasteiger partial charge on any atom is 0.277 e. The minimum Gasteiger partial charge on any atom is -0.409 e. The maximum absolute atomic E-state index is 13.1. The van der Waals surface area contributed by atoms with Gasteiger partial charge in [0, 0.05) is 11.1 Å². The summed E-state index contributed by atoms with van der Waals surface area (Å²) >= 11 is 1.35. The third-order valence-corrected chi connectivity index (χ3v) is 5.82. The zero-order valence-electron chi connectivity index (χ0n) is 16.8. The fourth-order valence-corrected chi connectivity index (χ4v) is 4.07. The van der Waals surface area contributed by atoms with E-state index in [0.717, 1.165) is 11.1 Å². The van der Waals surface area contributed by atoms with Crippen LogP contribution in [-0.2, 0) is 12.3 Å². The third kappa shape index (κ3) is 4.17. The van der Waals surface area contributed by atoms with Crippen LogP contribution in [0.1, 0.15) is 11.1 Å². The quantitative estimate of drug-likeness (QED) is 0.346. The summed E-state index contributed by atoms with van der Waals surface area (Å²) in [6.07, 6.45) is 0. The smallest absolute Gasteiger partial charge is 0.277 e. The molecule has 0 unspecified atom stereocenters. The molecule has 0 atom stereocenters. The van der Waals surface area contributed by atoms with Crippen molar-refractivity contribution in [2.24, 2.45) is 0 Å².